The van der Waals surface area contributed by atoms with Gasteiger partial charge in [0.25, 0.3) is 0 Å². The zero-order valence-corrected chi connectivity index (χ0v) is 10.9. The molecule has 1 rings (SSSR count). The number of β-amino-alcohol motifs (C(OH)–C–C–N with tert-alkyl or cyclic N) is 1. The van der Waals surface area contributed by atoms with Crippen molar-refractivity contribution < 1.29 is 24.5 Å². The summed E-state index contributed by atoms with van der Waals surface area (Å²) in [6.45, 7) is 4.04. The molecule has 2 atom stereocenters. The predicted molar refractivity (Wildman–Crippen MR) is 64.2 cm³/mol. The number of aliphatic hydroxyl groups is 1. The summed E-state index contributed by atoms with van der Waals surface area (Å²) >= 11 is 0. The Hall–Kier alpha value is -1.30. The van der Waals surface area contributed by atoms with Gasteiger partial charge in [-0.3, -0.25) is 4.90 Å². The van der Waals surface area contributed by atoms with Crippen molar-refractivity contribution >= 4 is 12.1 Å². The van der Waals surface area contributed by atoms with Gasteiger partial charge in [-0.05, 0) is 12.8 Å². The summed E-state index contributed by atoms with van der Waals surface area (Å²) in [7, 11) is 0. The van der Waals surface area contributed by atoms with E-state index in [1.165, 1.54) is 0 Å². The second-order valence-corrected chi connectivity index (χ2v) is 4.73. The first-order valence-electron chi connectivity index (χ1n) is 6.32. The Bertz CT molecular complexity index is 320. The Morgan fingerprint density at radius 3 is 2.61 bits per heavy atom. The number of ether oxygens (including phenoxy) is 1. The second kappa shape index (κ2) is 6.04. The largest absolute Gasteiger partial charge is 0.480 e. The van der Waals surface area contributed by atoms with Crippen molar-refractivity contribution in [2.24, 2.45) is 0 Å². The van der Waals surface area contributed by atoms with E-state index in [1.54, 1.807) is 6.92 Å². The molecule has 1 fully saturated rings. The van der Waals surface area contributed by atoms with Crippen molar-refractivity contribution in [1.29, 1.82) is 0 Å². The summed E-state index contributed by atoms with van der Waals surface area (Å²) < 4.78 is 5.00. The van der Waals surface area contributed by atoms with Crippen LogP contribution in [-0.2, 0) is 9.53 Å². The van der Waals surface area contributed by atoms with E-state index >= 15 is 0 Å². The van der Waals surface area contributed by atoms with Crippen molar-refractivity contribution in [3.63, 3.8) is 0 Å². The van der Waals surface area contributed by atoms with Crippen LogP contribution < -0.4 is 0 Å². The lowest BCUT2D eigenvalue weighted by atomic mass is 9.97. The van der Waals surface area contributed by atoms with Crippen LogP contribution in [0.3, 0.4) is 0 Å². The molecule has 1 aliphatic heterocycles. The molecule has 1 aliphatic rings. The Kier molecular flexibility index (Phi) is 4.95. The quantitative estimate of drug-likeness (QED) is 0.725. The van der Waals surface area contributed by atoms with Crippen LogP contribution in [0.5, 0.6) is 0 Å². The molecule has 0 bridgehead atoms. The summed E-state index contributed by atoms with van der Waals surface area (Å²) in [6.07, 6.45) is 1.46. The van der Waals surface area contributed by atoms with Crippen LogP contribution >= 0.6 is 0 Å². The number of likely N-dealkylation sites (tertiary alicyclic amines) is 1. The van der Waals surface area contributed by atoms with Gasteiger partial charge in [0.05, 0.1) is 18.8 Å². The van der Waals surface area contributed by atoms with E-state index in [0.717, 1.165) is 17.7 Å². The number of carbonyl (C=O) groups excluding carboxylic acids is 1. The lowest BCUT2D eigenvalue weighted by molar-refractivity contribution is -0.141. The summed E-state index contributed by atoms with van der Waals surface area (Å²) in [5, 5.41) is 19.2. The van der Waals surface area contributed by atoms with Gasteiger partial charge in [-0.25, -0.2) is 9.59 Å². The van der Waals surface area contributed by atoms with E-state index in [0.29, 0.717) is 6.42 Å². The second-order valence-electron chi connectivity index (χ2n) is 4.73. The molecule has 6 heteroatoms. The van der Waals surface area contributed by atoms with Crippen molar-refractivity contribution in [1.82, 2.24) is 4.90 Å². The van der Waals surface area contributed by atoms with Crippen molar-refractivity contribution in [3.8, 4) is 0 Å². The molecule has 0 aromatic heterocycles. The zero-order chi connectivity index (χ0) is 13.8. The maximum absolute atomic E-state index is 11.8. The van der Waals surface area contributed by atoms with E-state index in [9.17, 15) is 14.7 Å². The van der Waals surface area contributed by atoms with E-state index in [1.807, 2.05) is 6.92 Å². The van der Waals surface area contributed by atoms with E-state index in [4.69, 9.17) is 9.84 Å². The molecule has 0 radical (unpaired) electrons. The minimum atomic E-state index is -1.12. The number of amides is 1. The van der Waals surface area contributed by atoms with Gasteiger partial charge in [0.2, 0.25) is 0 Å². The first kappa shape index (κ1) is 14.8. The zero-order valence-electron chi connectivity index (χ0n) is 10.9. The number of rotatable bonds is 5. The Labute approximate surface area is 107 Å². The normalized spacial score (nSPS) is 27.3. The number of aliphatic carboxylic acids is 1. The lowest BCUT2D eigenvalue weighted by Gasteiger charge is -2.22. The molecule has 1 heterocycles. The van der Waals surface area contributed by atoms with Crippen molar-refractivity contribution in [2.75, 3.05) is 13.2 Å². The summed E-state index contributed by atoms with van der Waals surface area (Å²) in [4.78, 5) is 24.0. The number of hydrogen-bond acceptors (Lipinski definition) is 4. The Morgan fingerprint density at radius 1 is 1.44 bits per heavy atom. The van der Waals surface area contributed by atoms with Gasteiger partial charge >= 0.3 is 12.1 Å². The number of carboxylic acid groups (broad SMARTS) is 1. The molecular weight excluding hydrogens is 238 g/mol. The van der Waals surface area contributed by atoms with Gasteiger partial charge in [-0.1, -0.05) is 20.3 Å². The fraction of sp³-hybridized carbons (Fsp3) is 0.833. The molecule has 1 amide bonds. The van der Waals surface area contributed by atoms with Gasteiger partial charge < -0.3 is 14.9 Å². The molecule has 104 valence electrons. The van der Waals surface area contributed by atoms with Gasteiger partial charge in [-0.2, -0.15) is 0 Å². The van der Waals surface area contributed by atoms with Gasteiger partial charge in [-0.15, -0.1) is 0 Å². The van der Waals surface area contributed by atoms with Gasteiger partial charge in [0, 0.05) is 6.42 Å². The number of unbranched alkanes of at least 4 members (excludes halogenated alkanes) is 1. The Morgan fingerprint density at radius 2 is 2.11 bits per heavy atom. The topological polar surface area (TPSA) is 87.1 Å². The highest BCUT2D eigenvalue weighted by atomic mass is 16.6. The van der Waals surface area contributed by atoms with Crippen LogP contribution in [0.2, 0.25) is 0 Å². The summed E-state index contributed by atoms with van der Waals surface area (Å²) in [5.74, 6) is -1.10. The van der Waals surface area contributed by atoms with E-state index in [2.05, 4.69) is 0 Å². The molecule has 1 saturated heterocycles. The first-order chi connectivity index (χ1) is 8.43. The van der Waals surface area contributed by atoms with Crippen LogP contribution in [0.15, 0.2) is 0 Å². The van der Waals surface area contributed by atoms with Crippen LogP contribution in [0.4, 0.5) is 4.79 Å². The van der Waals surface area contributed by atoms with Gasteiger partial charge in [0.1, 0.15) is 6.04 Å². The maximum Gasteiger partial charge on any atom is 0.410 e. The monoisotopic (exact) mass is 259 g/mol. The third kappa shape index (κ3) is 3.35. The molecule has 0 aromatic rings. The summed E-state index contributed by atoms with van der Waals surface area (Å²) in [5.41, 5.74) is -1.12. The van der Waals surface area contributed by atoms with E-state index in [-0.39, 0.29) is 19.6 Å². The standard InChI is InChI=1S/C12H21NO5/c1-3-5-6-18-11(16)13-8-12(17,4-2)7-9(13)10(14)15/h9,17H,3-8H2,1-2H3,(H,14,15). The number of nitrogens with zero attached hydrogens (tertiary/aromatic N) is 1. The highest BCUT2D eigenvalue weighted by Crippen LogP contribution is 2.30. The number of carboxylic acids is 1. The van der Waals surface area contributed by atoms with Crippen LogP contribution in [-0.4, -0.2) is 52.0 Å². The highest BCUT2D eigenvalue weighted by Gasteiger charge is 2.47. The molecule has 0 saturated carbocycles. The minimum Gasteiger partial charge on any atom is -0.480 e. The van der Waals surface area contributed by atoms with Crippen LogP contribution in [0, 0.1) is 0 Å². The molecule has 0 aliphatic carbocycles. The van der Waals surface area contributed by atoms with Gasteiger partial charge in [0.15, 0.2) is 0 Å². The van der Waals surface area contributed by atoms with Crippen LogP contribution in [0.1, 0.15) is 39.5 Å². The predicted octanol–water partition coefficient (Wildman–Crippen LogP) is 1.22. The van der Waals surface area contributed by atoms with Crippen molar-refractivity contribution in [2.45, 2.75) is 51.2 Å². The molecule has 2 N–H and O–H groups in total. The Balaban J connectivity index is 2.66. The number of hydrogen-bond donors (Lipinski definition) is 2. The number of carbonyl (C=O) groups is 2. The molecule has 0 spiro atoms. The SMILES string of the molecule is CCCCOC(=O)N1CC(O)(CC)CC1C(=O)O. The minimum absolute atomic E-state index is 0.0193. The average molecular weight is 259 g/mol. The molecule has 2 unspecified atom stereocenters. The molecule has 18 heavy (non-hydrogen) atoms. The lowest BCUT2D eigenvalue weighted by Crippen LogP contribution is -2.41. The summed E-state index contributed by atoms with van der Waals surface area (Å²) in [6, 6.07) is -0.996. The molecular formula is C12H21NO5. The van der Waals surface area contributed by atoms with Crippen LogP contribution in [0.25, 0.3) is 0 Å². The highest BCUT2D eigenvalue weighted by molar-refractivity contribution is 5.81. The fourth-order valence-electron chi connectivity index (χ4n) is 2.02. The third-order valence-electron chi connectivity index (χ3n) is 3.32. The smallest absolute Gasteiger partial charge is 0.410 e. The fourth-order valence-corrected chi connectivity index (χ4v) is 2.02. The van der Waals surface area contributed by atoms with E-state index < -0.39 is 23.7 Å². The van der Waals surface area contributed by atoms with Crippen molar-refractivity contribution in [3.05, 3.63) is 0 Å². The third-order valence-corrected chi connectivity index (χ3v) is 3.32. The first-order valence-corrected chi connectivity index (χ1v) is 6.32. The molecule has 0 aromatic carbocycles. The maximum atomic E-state index is 11.8. The molecule has 6 nitrogen and oxygen atoms in total. The average Bonchev–Trinajstić information content (AvgIpc) is 2.69.